The van der Waals surface area contributed by atoms with Crippen LogP contribution in [-0.4, -0.2) is 42.9 Å². The van der Waals surface area contributed by atoms with Gasteiger partial charge in [0.25, 0.3) is 0 Å². The minimum atomic E-state index is -0.0757. The van der Waals surface area contributed by atoms with Crippen molar-refractivity contribution in [3.63, 3.8) is 0 Å². The summed E-state index contributed by atoms with van der Waals surface area (Å²) in [5.74, 6) is -0.0578. The quantitative estimate of drug-likeness (QED) is 0.781. The maximum atomic E-state index is 12.0. The van der Waals surface area contributed by atoms with E-state index in [0.717, 1.165) is 19.4 Å². The first-order valence-corrected chi connectivity index (χ1v) is 7.88. The SMILES string of the molecule is CC(=O)NCCNC(=O)CN1CCC[C@@H]1c1ccc(C)cc1. The van der Waals surface area contributed by atoms with Crippen LogP contribution in [0.3, 0.4) is 0 Å². The van der Waals surface area contributed by atoms with Gasteiger partial charge in [0.05, 0.1) is 6.54 Å². The fraction of sp³-hybridized carbons (Fsp3) is 0.529. The van der Waals surface area contributed by atoms with Crippen molar-refractivity contribution < 1.29 is 9.59 Å². The molecule has 2 N–H and O–H groups in total. The van der Waals surface area contributed by atoms with Crippen molar-refractivity contribution in [1.82, 2.24) is 15.5 Å². The molecule has 0 unspecified atom stereocenters. The molecule has 2 rings (SSSR count). The van der Waals surface area contributed by atoms with Crippen LogP contribution in [-0.2, 0) is 9.59 Å². The molecule has 1 heterocycles. The molecule has 0 aromatic heterocycles. The summed E-state index contributed by atoms with van der Waals surface area (Å²) in [7, 11) is 0. The van der Waals surface area contributed by atoms with Crippen molar-refractivity contribution >= 4 is 11.8 Å². The van der Waals surface area contributed by atoms with Gasteiger partial charge in [-0.3, -0.25) is 14.5 Å². The number of aryl methyl sites for hydroxylation is 1. The molecule has 5 heteroatoms. The van der Waals surface area contributed by atoms with E-state index >= 15 is 0 Å². The molecular formula is C17H25N3O2. The van der Waals surface area contributed by atoms with E-state index in [4.69, 9.17) is 0 Å². The van der Waals surface area contributed by atoms with Gasteiger partial charge in [-0.15, -0.1) is 0 Å². The molecule has 0 bridgehead atoms. The van der Waals surface area contributed by atoms with Gasteiger partial charge in [0.15, 0.2) is 0 Å². The molecule has 1 fully saturated rings. The molecule has 0 radical (unpaired) electrons. The van der Waals surface area contributed by atoms with E-state index in [0.29, 0.717) is 25.7 Å². The van der Waals surface area contributed by atoms with Crippen molar-refractivity contribution in [3.05, 3.63) is 35.4 Å². The standard InChI is InChI=1S/C17H25N3O2/c1-13-5-7-15(8-6-13)16-4-3-11-20(16)12-17(22)19-10-9-18-14(2)21/h5-8,16H,3-4,9-12H2,1-2H3,(H,18,21)(H,19,22)/t16-/m1/s1. The molecule has 1 aliphatic heterocycles. The Morgan fingerprint density at radius 3 is 2.55 bits per heavy atom. The highest BCUT2D eigenvalue weighted by Gasteiger charge is 2.27. The summed E-state index contributed by atoms with van der Waals surface area (Å²) in [5, 5.41) is 5.52. The van der Waals surface area contributed by atoms with E-state index < -0.39 is 0 Å². The van der Waals surface area contributed by atoms with Crippen molar-refractivity contribution in [2.24, 2.45) is 0 Å². The fourth-order valence-corrected chi connectivity index (χ4v) is 2.86. The number of amides is 2. The van der Waals surface area contributed by atoms with Crippen LogP contribution in [0.5, 0.6) is 0 Å². The molecule has 120 valence electrons. The summed E-state index contributed by atoms with van der Waals surface area (Å²) >= 11 is 0. The second-order valence-corrected chi connectivity index (χ2v) is 5.87. The molecular weight excluding hydrogens is 278 g/mol. The third-order valence-electron chi connectivity index (χ3n) is 3.99. The molecule has 1 aromatic carbocycles. The van der Waals surface area contributed by atoms with Crippen molar-refractivity contribution in [1.29, 1.82) is 0 Å². The van der Waals surface area contributed by atoms with Crippen molar-refractivity contribution in [3.8, 4) is 0 Å². The van der Waals surface area contributed by atoms with Crippen LogP contribution in [0, 0.1) is 6.92 Å². The summed E-state index contributed by atoms with van der Waals surface area (Å²) < 4.78 is 0. The number of carbonyl (C=O) groups excluding carboxylic acids is 2. The number of nitrogens with one attached hydrogen (secondary N) is 2. The molecule has 0 spiro atoms. The summed E-state index contributed by atoms with van der Waals surface area (Å²) in [6.07, 6.45) is 2.22. The fourth-order valence-electron chi connectivity index (χ4n) is 2.86. The number of hydrogen-bond donors (Lipinski definition) is 2. The lowest BCUT2D eigenvalue weighted by molar-refractivity contribution is -0.123. The third-order valence-corrected chi connectivity index (χ3v) is 3.99. The van der Waals surface area contributed by atoms with Crippen LogP contribution in [0.25, 0.3) is 0 Å². The van der Waals surface area contributed by atoms with Gasteiger partial charge in [0, 0.05) is 26.1 Å². The number of likely N-dealkylation sites (tertiary alicyclic amines) is 1. The predicted octanol–water partition coefficient (Wildman–Crippen LogP) is 1.38. The number of carbonyl (C=O) groups is 2. The molecule has 1 atom stereocenters. The summed E-state index contributed by atoms with van der Waals surface area (Å²) in [6.45, 7) is 5.87. The third kappa shape index (κ3) is 4.84. The minimum absolute atomic E-state index is 0.0179. The monoisotopic (exact) mass is 303 g/mol. The lowest BCUT2D eigenvalue weighted by Crippen LogP contribution is -2.40. The second-order valence-electron chi connectivity index (χ2n) is 5.87. The van der Waals surface area contributed by atoms with E-state index in [-0.39, 0.29) is 11.8 Å². The molecule has 0 saturated carbocycles. The van der Waals surface area contributed by atoms with Crippen molar-refractivity contribution in [2.45, 2.75) is 32.7 Å². The van der Waals surface area contributed by atoms with Crippen LogP contribution in [0.4, 0.5) is 0 Å². The Kier molecular flexibility index (Phi) is 5.95. The van der Waals surface area contributed by atoms with Crippen LogP contribution >= 0.6 is 0 Å². The van der Waals surface area contributed by atoms with Gasteiger partial charge in [-0.2, -0.15) is 0 Å². The van der Waals surface area contributed by atoms with Crippen LogP contribution in [0.1, 0.15) is 36.9 Å². The van der Waals surface area contributed by atoms with Gasteiger partial charge < -0.3 is 10.6 Å². The van der Waals surface area contributed by atoms with Crippen molar-refractivity contribution in [2.75, 3.05) is 26.2 Å². The maximum absolute atomic E-state index is 12.0. The Labute approximate surface area is 132 Å². The predicted molar refractivity (Wildman–Crippen MR) is 86.4 cm³/mol. The topological polar surface area (TPSA) is 61.4 Å². The highest BCUT2D eigenvalue weighted by atomic mass is 16.2. The number of nitrogens with zero attached hydrogens (tertiary/aromatic N) is 1. The Balaban J connectivity index is 1.82. The highest BCUT2D eigenvalue weighted by molar-refractivity contribution is 5.78. The average molecular weight is 303 g/mol. The van der Waals surface area contributed by atoms with Gasteiger partial charge in [0.1, 0.15) is 0 Å². The zero-order valence-electron chi connectivity index (χ0n) is 13.4. The van der Waals surface area contributed by atoms with E-state index in [2.05, 4.69) is 46.7 Å². The molecule has 0 aliphatic carbocycles. The van der Waals surface area contributed by atoms with Gasteiger partial charge >= 0.3 is 0 Å². The lowest BCUT2D eigenvalue weighted by Gasteiger charge is -2.24. The molecule has 5 nitrogen and oxygen atoms in total. The van der Waals surface area contributed by atoms with Gasteiger partial charge in [-0.25, -0.2) is 0 Å². The van der Waals surface area contributed by atoms with E-state index in [1.54, 1.807) is 0 Å². The Hall–Kier alpha value is -1.88. The van der Waals surface area contributed by atoms with E-state index in [9.17, 15) is 9.59 Å². The van der Waals surface area contributed by atoms with E-state index in [1.807, 2.05) is 0 Å². The normalized spacial score (nSPS) is 18.2. The number of rotatable bonds is 6. The summed E-state index contributed by atoms with van der Waals surface area (Å²) in [4.78, 5) is 25.0. The Bertz CT molecular complexity index is 513. The molecule has 1 aromatic rings. The number of benzene rings is 1. The van der Waals surface area contributed by atoms with Crippen LogP contribution in [0.2, 0.25) is 0 Å². The largest absolute Gasteiger partial charge is 0.355 e. The lowest BCUT2D eigenvalue weighted by atomic mass is 10.0. The zero-order valence-corrected chi connectivity index (χ0v) is 13.4. The van der Waals surface area contributed by atoms with Gasteiger partial charge in [0.2, 0.25) is 11.8 Å². The second kappa shape index (κ2) is 7.94. The molecule has 2 amide bonds. The number of hydrogen-bond acceptors (Lipinski definition) is 3. The Morgan fingerprint density at radius 2 is 1.86 bits per heavy atom. The smallest absolute Gasteiger partial charge is 0.234 e. The zero-order chi connectivity index (χ0) is 15.9. The average Bonchev–Trinajstić information content (AvgIpc) is 2.92. The molecule has 1 saturated heterocycles. The Morgan fingerprint density at radius 1 is 1.18 bits per heavy atom. The van der Waals surface area contributed by atoms with Gasteiger partial charge in [-0.05, 0) is 31.9 Å². The summed E-state index contributed by atoms with van der Waals surface area (Å²) in [6, 6.07) is 8.90. The van der Waals surface area contributed by atoms with E-state index in [1.165, 1.54) is 18.1 Å². The maximum Gasteiger partial charge on any atom is 0.234 e. The highest BCUT2D eigenvalue weighted by Crippen LogP contribution is 2.31. The van der Waals surface area contributed by atoms with Gasteiger partial charge in [-0.1, -0.05) is 29.8 Å². The first-order chi connectivity index (χ1) is 10.6. The van der Waals surface area contributed by atoms with Crippen LogP contribution in [0.15, 0.2) is 24.3 Å². The molecule has 1 aliphatic rings. The van der Waals surface area contributed by atoms with Crippen LogP contribution < -0.4 is 10.6 Å². The first-order valence-electron chi connectivity index (χ1n) is 7.88. The summed E-state index contributed by atoms with van der Waals surface area (Å²) in [5.41, 5.74) is 2.54. The first kappa shape index (κ1) is 16.5. The molecule has 22 heavy (non-hydrogen) atoms. The minimum Gasteiger partial charge on any atom is -0.355 e.